The highest BCUT2D eigenvalue weighted by Gasteiger charge is 2.30. The van der Waals surface area contributed by atoms with Crippen LogP contribution in [0, 0.1) is 27.7 Å². The van der Waals surface area contributed by atoms with Gasteiger partial charge in [0.05, 0.1) is 22.9 Å². The van der Waals surface area contributed by atoms with Gasteiger partial charge in [0.25, 0.3) is 0 Å². The molecule has 1 aromatic heterocycles. The van der Waals surface area contributed by atoms with Crippen LogP contribution in [0.5, 0.6) is 0 Å². The Kier molecular flexibility index (Phi) is 8.02. The van der Waals surface area contributed by atoms with Gasteiger partial charge in [0, 0.05) is 45.5 Å². The Morgan fingerprint density at radius 3 is 2.41 bits per heavy atom. The summed E-state index contributed by atoms with van der Waals surface area (Å²) >= 11 is 1.41. The van der Waals surface area contributed by atoms with Crippen molar-refractivity contribution in [3.63, 3.8) is 0 Å². The summed E-state index contributed by atoms with van der Waals surface area (Å²) < 4.78 is 34.7. The van der Waals surface area contributed by atoms with Crippen LogP contribution in [0.4, 0.5) is 0 Å². The fraction of sp³-hybridized carbons (Fsp3) is 0.545. The number of nitrogens with zero attached hydrogens (tertiary/aromatic N) is 4. The van der Waals surface area contributed by atoms with E-state index in [1.165, 1.54) is 16.1 Å². The first-order valence-electron chi connectivity index (χ1n) is 10.7. The molecule has 0 unspecified atom stereocenters. The molecule has 1 aliphatic rings. The van der Waals surface area contributed by atoms with E-state index in [9.17, 15) is 13.2 Å². The predicted octanol–water partition coefficient (Wildman–Crippen LogP) is 2.39. The molecule has 1 aliphatic heterocycles. The van der Waals surface area contributed by atoms with Crippen LogP contribution in [-0.2, 0) is 26.1 Å². The van der Waals surface area contributed by atoms with E-state index in [0.29, 0.717) is 44.2 Å². The van der Waals surface area contributed by atoms with Crippen molar-refractivity contribution in [2.45, 2.75) is 44.3 Å². The van der Waals surface area contributed by atoms with Crippen molar-refractivity contribution < 1.29 is 17.9 Å². The molecule has 10 heteroatoms. The van der Waals surface area contributed by atoms with Crippen LogP contribution >= 0.6 is 11.8 Å². The number of rotatable bonds is 8. The molecule has 0 aliphatic carbocycles. The maximum atomic E-state index is 13.0. The lowest BCUT2D eigenvalue weighted by molar-refractivity contribution is -0.129. The standard InChI is InChI=1S/C22H32N4O4S2/c1-16-6-7-20(14-17(16)2)32(28,29)25-10-8-24(9-11-25)21(27)15-31-22-23-18(3)19(4)26(22)12-13-30-5/h6-7,14H,8-13,15H2,1-5H3. The molecule has 0 atom stereocenters. The zero-order valence-corrected chi connectivity index (χ0v) is 21.1. The van der Waals surface area contributed by atoms with E-state index in [2.05, 4.69) is 9.55 Å². The van der Waals surface area contributed by atoms with Crippen LogP contribution < -0.4 is 0 Å². The third-order valence-corrected chi connectivity index (χ3v) is 8.83. The number of thioether (sulfide) groups is 1. The molecule has 1 aromatic carbocycles. The highest BCUT2D eigenvalue weighted by atomic mass is 32.2. The van der Waals surface area contributed by atoms with Crippen molar-refractivity contribution in [3.05, 3.63) is 40.7 Å². The summed E-state index contributed by atoms with van der Waals surface area (Å²) in [7, 11) is -1.90. The first-order valence-corrected chi connectivity index (χ1v) is 13.1. The van der Waals surface area contributed by atoms with Gasteiger partial charge in [0.1, 0.15) is 0 Å². The molecule has 8 nitrogen and oxygen atoms in total. The molecule has 176 valence electrons. The third kappa shape index (κ3) is 5.36. The molecule has 2 aromatic rings. The van der Waals surface area contributed by atoms with Gasteiger partial charge >= 0.3 is 0 Å². The number of hydrogen-bond acceptors (Lipinski definition) is 6. The molecule has 0 N–H and O–H groups in total. The molecular weight excluding hydrogens is 448 g/mol. The first-order chi connectivity index (χ1) is 15.1. The van der Waals surface area contributed by atoms with Gasteiger partial charge in [0.15, 0.2) is 5.16 Å². The number of amides is 1. The molecule has 0 radical (unpaired) electrons. The third-order valence-electron chi connectivity index (χ3n) is 5.97. The lowest BCUT2D eigenvalue weighted by Gasteiger charge is -2.34. The second-order valence-electron chi connectivity index (χ2n) is 8.03. The number of hydrogen-bond donors (Lipinski definition) is 0. The summed E-state index contributed by atoms with van der Waals surface area (Å²) in [6.07, 6.45) is 0. The minimum atomic E-state index is -3.56. The number of benzene rings is 1. The summed E-state index contributed by atoms with van der Waals surface area (Å²) in [4.78, 5) is 19.4. The summed E-state index contributed by atoms with van der Waals surface area (Å²) in [5.41, 5.74) is 4.03. The molecule has 1 fully saturated rings. The Morgan fingerprint density at radius 1 is 1.09 bits per heavy atom. The summed E-state index contributed by atoms with van der Waals surface area (Å²) in [5, 5.41) is 0.807. The van der Waals surface area contributed by atoms with Gasteiger partial charge in [-0.05, 0) is 51.0 Å². The number of carbonyl (C=O) groups is 1. The average molecular weight is 481 g/mol. The average Bonchev–Trinajstić information content (AvgIpc) is 3.05. The van der Waals surface area contributed by atoms with E-state index in [1.54, 1.807) is 24.1 Å². The second kappa shape index (κ2) is 10.4. The minimum absolute atomic E-state index is 0.00479. The van der Waals surface area contributed by atoms with Gasteiger partial charge in [-0.25, -0.2) is 13.4 Å². The monoisotopic (exact) mass is 480 g/mol. The number of carbonyl (C=O) groups excluding carboxylic acids is 1. The number of methoxy groups -OCH3 is 1. The van der Waals surface area contributed by atoms with E-state index >= 15 is 0 Å². The van der Waals surface area contributed by atoms with Crippen LogP contribution in [0.2, 0.25) is 0 Å². The lowest BCUT2D eigenvalue weighted by atomic mass is 10.1. The number of aryl methyl sites for hydroxylation is 3. The van der Waals surface area contributed by atoms with Crippen molar-refractivity contribution in [1.82, 2.24) is 18.8 Å². The van der Waals surface area contributed by atoms with Crippen molar-refractivity contribution in [2.24, 2.45) is 0 Å². The van der Waals surface area contributed by atoms with Crippen molar-refractivity contribution in [2.75, 3.05) is 45.6 Å². The van der Waals surface area contributed by atoms with Crippen molar-refractivity contribution >= 4 is 27.7 Å². The number of piperazine rings is 1. The molecular formula is C22H32N4O4S2. The highest BCUT2D eigenvalue weighted by Crippen LogP contribution is 2.23. The fourth-order valence-corrected chi connectivity index (χ4v) is 6.13. The largest absolute Gasteiger partial charge is 0.383 e. The van der Waals surface area contributed by atoms with Gasteiger partial charge in [-0.1, -0.05) is 17.8 Å². The fourth-order valence-electron chi connectivity index (χ4n) is 3.60. The van der Waals surface area contributed by atoms with Crippen molar-refractivity contribution in [3.8, 4) is 0 Å². The highest BCUT2D eigenvalue weighted by molar-refractivity contribution is 7.99. The van der Waals surface area contributed by atoms with Crippen LogP contribution in [0.3, 0.4) is 0 Å². The molecule has 2 heterocycles. The number of sulfonamides is 1. The number of ether oxygens (including phenoxy) is 1. The topological polar surface area (TPSA) is 84.7 Å². The quantitative estimate of drug-likeness (QED) is 0.540. The minimum Gasteiger partial charge on any atom is -0.383 e. The Balaban J connectivity index is 1.58. The van der Waals surface area contributed by atoms with Gasteiger partial charge in [-0.3, -0.25) is 4.79 Å². The summed E-state index contributed by atoms with van der Waals surface area (Å²) in [5.74, 6) is 0.266. The van der Waals surface area contributed by atoms with Crippen LogP contribution in [-0.4, -0.2) is 78.7 Å². The van der Waals surface area contributed by atoms with Gasteiger partial charge < -0.3 is 14.2 Å². The zero-order chi connectivity index (χ0) is 23.5. The van der Waals surface area contributed by atoms with E-state index in [1.807, 2.05) is 33.8 Å². The maximum Gasteiger partial charge on any atom is 0.243 e. The predicted molar refractivity (Wildman–Crippen MR) is 126 cm³/mol. The second-order valence-corrected chi connectivity index (χ2v) is 10.9. The Morgan fingerprint density at radius 2 is 1.78 bits per heavy atom. The SMILES string of the molecule is COCCn1c(SCC(=O)N2CCN(S(=O)(=O)c3ccc(C)c(C)c3)CC2)nc(C)c1C. The molecule has 1 amide bonds. The van der Waals surface area contributed by atoms with Crippen LogP contribution in [0.15, 0.2) is 28.3 Å². The summed E-state index contributed by atoms with van der Waals surface area (Å²) in [6.45, 7) is 10.5. The van der Waals surface area contributed by atoms with Crippen molar-refractivity contribution in [1.29, 1.82) is 0 Å². The molecule has 3 rings (SSSR count). The molecule has 0 saturated carbocycles. The normalized spacial score (nSPS) is 15.3. The van der Waals surface area contributed by atoms with E-state index in [0.717, 1.165) is 27.7 Å². The van der Waals surface area contributed by atoms with E-state index in [-0.39, 0.29) is 11.7 Å². The Labute approximate surface area is 195 Å². The maximum absolute atomic E-state index is 13.0. The summed E-state index contributed by atoms with van der Waals surface area (Å²) in [6, 6.07) is 5.20. The van der Waals surface area contributed by atoms with Crippen LogP contribution in [0.1, 0.15) is 22.5 Å². The lowest BCUT2D eigenvalue weighted by Crippen LogP contribution is -2.51. The van der Waals surface area contributed by atoms with E-state index in [4.69, 9.17) is 4.74 Å². The number of imidazole rings is 1. The smallest absolute Gasteiger partial charge is 0.243 e. The zero-order valence-electron chi connectivity index (χ0n) is 19.4. The Bertz CT molecular complexity index is 1070. The Hall–Kier alpha value is -1.88. The first kappa shape index (κ1) is 24.8. The van der Waals surface area contributed by atoms with Gasteiger partial charge in [0.2, 0.25) is 15.9 Å². The molecule has 32 heavy (non-hydrogen) atoms. The number of aromatic nitrogens is 2. The molecule has 0 bridgehead atoms. The van der Waals surface area contributed by atoms with E-state index < -0.39 is 10.0 Å². The molecule has 0 spiro atoms. The van der Waals surface area contributed by atoms with Crippen LogP contribution in [0.25, 0.3) is 0 Å². The van der Waals surface area contributed by atoms with Gasteiger partial charge in [-0.2, -0.15) is 4.31 Å². The van der Waals surface area contributed by atoms with Gasteiger partial charge in [-0.15, -0.1) is 0 Å². The molecule has 1 saturated heterocycles.